The van der Waals surface area contributed by atoms with Crippen LogP contribution in [0.5, 0.6) is 0 Å². The maximum atomic E-state index is 13.4. The van der Waals surface area contributed by atoms with E-state index in [0.29, 0.717) is 33.4 Å². The van der Waals surface area contributed by atoms with Crippen molar-refractivity contribution in [1.29, 1.82) is 0 Å². The molecule has 0 fully saturated rings. The van der Waals surface area contributed by atoms with Crippen LogP contribution in [0.3, 0.4) is 0 Å². The molecule has 0 aliphatic heterocycles. The fourth-order valence-corrected chi connectivity index (χ4v) is 4.55. The molecule has 0 aliphatic carbocycles. The van der Waals surface area contributed by atoms with Crippen molar-refractivity contribution in [3.63, 3.8) is 0 Å². The van der Waals surface area contributed by atoms with Crippen molar-refractivity contribution in [3.05, 3.63) is 128 Å². The molecular formula is C28H21Cl3N6O2. The van der Waals surface area contributed by atoms with Gasteiger partial charge in [-0.15, -0.1) is 5.10 Å². The number of hydrogen-bond acceptors (Lipinski definition) is 5. The average molecular weight is 580 g/mol. The van der Waals surface area contributed by atoms with Gasteiger partial charge in [0.2, 0.25) is 5.91 Å². The summed E-state index contributed by atoms with van der Waals surface area (Å²) >= 11 is 18.2. The summed E-state index contributed by atoms with van der Waals surface area (Å²) in [7, 11) is 0. The molecule has 2 heterocycles. The van der Waals surface area contributed by atoms with Gasteiger partial charge in [0.05, 0.1) is 23.9 Å². The Balaban J connectivity index is 1.48. The van der Waals surface area contributed by atoms with Crippen LogP contribution in [0.2, 0.25) is 15.2 Å². The molecule has 5 rings (SSSR count). The zero-order valence-electron chi connectivity index (χ0n) is 20.3. The summed E-state index contributed by atoms with van der Waals surface area (Å²) in [5.74, 6) is -0.314. The minimum absolute atomic E-state index is 0.215. The highest BCUT2D eigenvalue weighted by molar-refractivity contribution is 6.31. The summed E-state index contributed by atoms with van der Waals surface area (Å²) in [6.45, 7) is 0.286. The van der Waals surface area contributed by atoms with Gasteiger partial charge in [0, 0.05) is 34.6 Å². The average Bonchev–Trinajstić information content (AvgIpc) is 3.38. The van der Waals surface area contributed by atoms with Crippen molar-refractivity contribution in [2.24, 2.45) is 0 Å². The van der Waals surface area contributed by atoms with Crippen LogP contribution in [0.25, 0.3) is 16.9 Å². The van der Waals surface area contributed by atoms with E-state index in [1.807, 2.05) is 42.5 Å². The van der Waals surface area contributed by atoms with E-state index in [2.05, 4.69) is 20.6 Å². The number of aromatic nitrogens is 5. The highest BCUT2D eigenvalue weighted by Crippen LogP contribution is 2.28. The van der Waals surface area contributed by atoms with Gasteiger partial charge >= 0.3 is 0 Å². The van der Waals surface area contributed by atoms with Crippen LogP contribution in [-0.2, 0) is 17.8 Å². The number of hydrogen-bond donors (Lipinski definition) is 1. The third-order valence-corrected chi connectivity index (χ3v) is 6.73. The monoisotopic (exact) mass is 578 g/mol. The first-order valence-corrected chi connectivity index (χ1v) is 13.0. The third kappa shape index (κ3) is 6.37. The highest BCUT2D eigenvalue weighted by atomic mass is 35.5. The lowest BCUT2D eigenvalue weighted by Crippen LogP contribution is -2.38. The quantitative estimate of drug-likeness (QED) is 0.260. The second kappa shape index (κ2) is 11.8. The van der Waals surface area contributed by atoms with E-state index in [0.717, 1.165) is 11.1 Å². The van der Waals surface area contributed by atoms with E-state index in [-0.39, 0.29) is 17.6 Å². The summed E-state index contributed by atoms with van der Waals surface area (Å²) in [5.41, 5.74) is 2.89. The summed E-state index contributed by atoms with van der Waals surface area (Å²) in [6, 6.07) is 22.3. The van der Waals surface area contributed by atoms with Gasteiger partial charge in [0.25, 0.3) is 5.56 Å². The van der Waals surface area contributed by atoms with Gasteiger partial charge in [-0.3, -0.25) is 14.2 Å². The number of halogens is 3. The predicted molar refractivity (Wildman–Crippen MR) is 151 cm³/mol. The van der Waals surface area contributed by atoms with Gasteiger partial charge in [-0.1, -0.05) is 82.5 Å². The van der Waals surface area contributed by atoms with Crippen LogP contribution in [0, 0.1) is 0 Å². The first-order valence-electron chi connectivity index (χ1n) is 11.9. The topological polar surface area (TPSA) is 94.7 Å². The molecule has 8 nitrogen and oxygen atoms in total. The van der Waals surface area contributed by atoms with E-state index in [1.165, 1.54) is 27.8 Å². The Hall–Kier alpha value is -3.98. The molecule has 0 radical (unpaired) electrons. The molecule has 1 amide bonds. The summed E-state index contributed by atoms with van der Waals surface area (Å²) in [4.78, 5) is 31.4. The van der Waals surface area contributed by atoms with E-state index in [1.54, 1.807) is 30.3 Å². The molecule has 0 saturated heterocycles. The predicted octanol–water partition coefficient (Wildman–Crippen LogP) is 5.55. The van der Waals surface area contributed by atoms with Crippen LogP contribution < -0.4 is 10.9 Å². The Morgan fingerprint density at radius 1 is 0.897 bits per heavy atom. The molecule has 2 aromatic heterocycles. The van der Waals surface area contributed by atoms with E-state index in [9.17, 15) is 9.59 Å². The van der Waals surface area contributed by atoms with Crippen molar-refractivity contribution in [2.75, 3.05) is 0 Å². The molecule has 0 aliphatic rings. The molecule has 1 N–H and O–H groups in total. The van der Waals surface area contributed by atoms with Crippen LogP contribution in [-0.4, -0.2) is 30.5 Å². The van der Waals surface area contributed by atoms with Crippen LogP contribution >= 0.6 is 34.8 Å². The SMILES string of the molecule is O=C(NCc1ccc(Cl)cc1)C(Cc1ccccc1)n1cnc(-c2cc(Cl)ccc2-n2cc(Cl)nn2)cc1=O. The minimum Gasteiger partial charge on any atom is -0.350 e. The maximum Gasteiger partial charge on any atom is 0.254 e. The van der Waals surface area contributed by atoms with Crippen LogP contribution in [0.1, 0.15) is 17.2 Å². The Labute approximate surface area is 238 Å². The van der Waals surface area contributed by atoms with Crippen molar-refractivity contribution < 1.29 is 4.79 Å². The number of carbonyl (C=O) groups is 1. The van der Waals surface area contributed by atoms with Gasteiger partial charge in [0.1, 0.15) is 6.04 Å². The summed E-state index contributed by atoms with van der Waals surface area (Å²) in [6.07, 6.45) is 3.22. The standard InChI is InChI=1S/C28H21Cl3N6O2/c29-20-8-6-19(7-9-20)15-32-28(39)25(12-18-4-2-1-3-5-18)36-17-33-23(14-27(36)38)22-13-21(30)10-11-24(22)37-16-26(31)34-35-37/h1-11,13-14,16-17,25H,12,15H2,(H,32,39). The molecule has 196 valence electrons. The van der Waals surface area contributed by atoms with Gasteiger partial charge in [-0.25, -0.2) is 9.67 Å². The number of carbonyl (C=O) groups excluding carboxylic acids is 1. The molecule has 39 heavy (non-hydrogen) atoms. The second-order valence-electron chi connectivity index (χ2n) is 8.72. The molecule has 0 spiro atoms. The molecule has 1 unspecified atom stereocenters. The Morgan fingerprint density at radius 2 is 1.64 bits per heavy atom. The Bertz CT molecular complexity index is 1670. The van der Waals surface area contributed by atoms with Crippen molar-refractivity contribution in [1.82, 2.24) is 29.9 Å². The molecule has 11 heteroatoms. The number of nitrogens with one attached hydrogen (secondary N) is 1. The molecular weight excluding hydrogens is 559 g/mol. The molecule has 0 bridgehead atoms. The minimum atomic E-state index is -0.832. The first kappa shape index (κ1) is 26.6. The van der Waals surface area contributed by atoms with Gasteiger partial charge < -0.3 is 5.32 Å². The second-order valence-corrected chi connectivity index (χ2v) is 9.98. The maximum absolute atomic E-state index is 13.4. The number of nitrogens with zero attached hydrogens (tertiary/aromatic N) is 5. The number of benzene rings is 3. The summed E-state index contributed by atoms with van der Waals surface area (Å²) < 4.78 is 2.81. The fourth-order valence-electron chi connectivity index (χ4n) is 4.13. The van der Waals surface area contributed by atoms with Crippen molar-refractivity contribution in [2.45, 2.75) is 19.0 Å². The highest BCUT2D eigenvalue weighted by Gasteiger charge is 2.23. The van der Waals surface area contributed by atoms with Gasteiger partial charge in [-0.2, -0.15) is 0 Å². The molecule has 1 atom stereocenters. The normalized spacial score (nSPS) is 11.8. The smallest absolute Gasteiger partial charge is 0.254 e. The van der Waals surface area contributed by atoms with Crippen molar-refractivity contribution in [3.8, 4) is 16.9 Å². The number of rotatable bonds is 8. The van der Waals surface area contributed by atoms with E-state index in [4.69, 9.17) is 34.8 Å². The zero-order chi connectivity index (χ0) is 27.4. The van der Waals surface area contributed by atoms with E-state index >= 15 is 0 Å². The lowest BCUT2D eigenvalue weighted by Gasteiger charge is -2.20. The molecule has 5 aromatic rings. The Kier molecular flexibility index (Phi) is 8.07. The van der Waals surface area contributed by atoms with Crippen LogP contribution in [0.4, 0.5) is 0 Å². The van der Waals surface area contributed by atoms with Gasteiger partial charge in [-0.05, 0) is 41.5 Å². The Morgan fingerprint density at radius 3 is 2.33 bits per heavy atom. The zero-order valence-corrected chi connectivity index (χ0v) is 22.6. The van der Waals surface area contributed by atoms with E-state index < -0.39 is 11.6 Å². The fraction of sp³-hybridized carbons (Fsp3) is 0.107. The van der Waals surface area contributed by atoms with Gasteiger partial charge in [0.15, 0.2) is 5.15 Å². The molecule has 0 saturated carbocycles. The number of amides is 1. The molecule has 3 aromatic carbocycles. The summed E-state index contributed by atoms with van der Waals surface area (Å²) in [5, 5.41) is 12.0. The lowest BCUT2D eigenvalue weighted by atomic mass is 10.0. The lowest BCUT2D eigenvalue weighted by molar-refractivity contribution is -0.124. The first-order chi connectivity index (χ1) is 18.9. The largest absolute Gasteiger partial charge is 0.350 e. The third-order valence-electron chi connectivity index (χ3n) is 6.07. The van der Waals surface area contributed by atoms with Crippen LogP contribution in [0.15, 0.2) is 96.2 Å². The van der Waals surface area contributed by atoms with Crippen molar-refractivity contribution >= 4 is 40.7 Å².